The normalized spacial score (nSPS) is 21.8. The van der Waals surface area contributed by atoms with Crippen LogP contribution >= 0.6 is 0 Å². The third kappa shape index (κ3) is 4.72. The molecule has 3 nitrogen and oxygen atoms in total. The second kappa shape index (κ2) is 8.40. The van der Waals surface area contributed by atoms with Crippen molar-refractivity contribution in [3.8, 4) is 5.75 Å². The fourth-order valence-corrected chi connectivity index (χ4v) is 3.33. The number of methoxy groups -OCH3 is 1. The number of para-hydroxylation sites is 1. The van der Waals surface area contributed by atoms with Gasteiger partial charge in [0.15, 0.2) is 0 Å². The van der Waals surface area contributed by atoms with E-state index in [1.165, 1.54) is 50.9 Å². The van der Waals surface area contributed by atoms with Crippen molar-refractivity contribution in [2.75, 3.05) is 26.7 Å². The second-order valence-corrected chi connectivity index (χ2v) is 6.10. The molecule has 2 atom stereocenters. The van der Waals surface area contributed by atoms with Crippen LogP contribution < -0.4 is 10.1 Å². The lowest BCUT2D eigenvalue weighted by atomic mass is 10.0. The van der Waals surface area contributed by atoms with Crippen LogP contribution in [0.5, 0.6) is 5.75 Å². The molecule has 0 saturated carbocycles. The first-order chi connectivity index (χ1) is 10.2. The molecule has 1 aliphatic heterocycles. The maximum absolute atomic E-state index is 5.48. The first kappa shape index (κ1) is 16.3. The van der Waals surface area contributed by atoms with Crippen molar-refractivity contribution in [1.29, 1.82) is 0 Å². The Morgan fingerprint density at radius 1 is 1.29 bits per heavy atom. The van der Waals surface area contributed by atoms with Gasteiger partial charge in [-0.25, -0.2) is 0 Å². The van der Waals surface area contributed by atoms with E-state index in [-0.39, 0.29) is 0 Å². The Morgan fingerprint density at radius 3 is 2.86 bits per heavy atom. The maximum atomic E-state index is 5.48. The molecular weight excluding hydrogens is 260 g/mol. The van der Waals surface area contributed by atoms with E-state index >= 15 is 0 Å². The zero-order chi connectivity index (χ0) is 15.1. The fourth-order valence-electron chi connectivity index (χ4n) is 3.33. The summed E-state index contributed by atoms with van der Waals surface area (Å²) < 4.78 is 5.48. The quantitative estimate of drug-likeness (QED) is 0.866. The van der Waals surface area contributed by atoms with Gasteiger partial charge >= 0.3 is 0 Å². The summed E-state index contributed by atoms with van der Waals surface area (Å²) in [5.74, 6) is 0.985. The molecule has 0 bridgehead atoms. The molecule has 1 fully saturated rings. The molecule has 1 saturated heterocycles. The van der Waals surface area contributed by atoms with Crippen molar-refractivity contribution in [1.82, 2.24) is 10.2 Å². The Kier molecular flexibility index (Phi) is 6.52. The van der Waals surface area contributed by atoms with E-state index in [9.17, 15) is 0 Å². The lowest BCUT2D eigenvalue weighted by Crippen LogP contribution is -2.33. The van der Waals surface area contributed by atoms with Crippen LogP contribution in [0.3, 0.4) is 0 Å². The van der Waals surface area contributed by atoms with Gasteiger partial charge in [-0.3, -0.25) is 0 Å². The number of ether oxygens (including phenoxy) is 1. The van der Waals surface area contributed by atoms with Crippen LogP contribution in [-0.4, -0.2) is 37.7 Å². The number of hydrogen-bond acceptors (Lipinski definition) is 3. The van der Waals surface area contributed by atoms with E-state index in [1.54, 1.807) is 7.11 Å². The van der Waals surface area contributed by atoms with Gasteiger partial charge in [-0.1, -0.05) is 25.1 Å². The summed E-state index contributed by atoms with van der Waals surface area (Å²) in [7, 11) is 1.75. The van der Waals surface area contributed by atoms with Crippen LogP contribution in [0.25, 0.3) is 0 Å². The van der Waals surface area contributed by atoms with Crippen molar-refractivity contribution >= 4 is 0 Å². The summed E-state index contributed by atoms with van der Waals surface area (Å²) in [6.07, 6.45) is 5.09. The Bertz CT molecular complexity index is 421. The van der Waals surface area contributed by atoms with Crippen LogP contribution in [0.4, 0.5) is 0 Å². The second-order valence-electron chi connectivity index (χ2n) is 6.10. The monoisotopic (exact) mass is 290 g/mol. The molecular formula is C18H30N2O. The van der Waals surface area contributed by atoms with E-state index in [2.05, 4.69) is 36.2 Å². The topological polar surface area (TPSA) is 24.5 Å². The van der Waals surface area contributed by atoms with Gasteiger partial charge in [0.25, 0.3) is 0 Å². The highest BCUT2D eigenvalue weighted by Crippen LogP contribution is 2.25. The number of nitrogens with one attached hydrogen (secondary N) is 1. The largest absolute Gasteiger partial charge is 0.496 e. The smallest absolute Gasteiger partial charge is 0.123 e. The summed E-state index contributed by atoms with van der Waals surface area (Å²) in [6, 6.07) is 9.28. The van der Waals surface area contributed by atoms with Gasteiger partial charge in [-0.05, 0) is 58.3 Å². The zero-order valence-electron chi connectivity index (χ0n) is 13.8. The van der Waals surface area contributed by atoms with Crippen molar-refractivity contribution < 1.29 is 4.74 Å². The summed E-state index contributed by atoms with van der Waals surface area (Å²) >= 11 is 0. The maximum Gasteiger partial charge on any atom is 0.123 e. The predicted octanol–water partition coefficient (Wildman–Crippen LogP) is 3.61. The molecule has 0 aliphatic carbocycles. The molecule has 3 heteroatoms. The highest BCUT2D eigenvalue weighted by molar-refractivity contribution is 5.35. The van der Waals surface area contributed by atoms with Crippen LogP contribution in [0.1, 0.15) is 51.1 Å². The van der Waals surface area contributed by atoms with Gasteiger partial charge in [0, 0.05) is 17.6 Å². The molecule has 1 aromatic carbocycles. The fraction of sp³-hybridized carbons (Fsp3) is 0.667. The van der Waals surface area contributed by atoms with E-state index < -0.39 is 0 Å². The average molecular weight is 290 g/mol. The Labute approximate surface area is 129 Å². The molecule has 0 radical (unpaired) electrons. The first-order valence-corrected chi connectivity index (χ1v) is 8.36. The Morgan fingerprint density at radius 2 is 2.10 bits per heavy atom. The van der Waals surface area contributed by atoms with Crippen molar-refractivity contribution in [3.05, 3.63) is 29.8 Å². The van der Waals surface area contributed by atoms with Crippen molar-refractivity contribution in [2.45, 2.75) is 51.6 Å². The highest BCUT2D eigenvalue weighted by Gasteiger charge is 2.19. The summed E-state index contributed by atoms with van der Waals surface area (Å²) in [4.78, 5) is 2.61. The molecule has 21 heavy (non-hydrogen) atoms. The van der Waals surface area contributed by atoms with Crippen LogP contribution in [0.2, 0.25) is 0 Å². The number of benzene rings is 1. The summed E-state index contributed by atoms with van der Waals surface area (Å²) in [5, 5.41) is 3.81. The third-order valence-electron chi connectivity index (χ3n) is 4.45. The third-order valence-corrected chi connectivity index (χ3v) is 4.45. The number of likely N-dealkylation sites (tertiary alicyclic amines) is 1. The Balaban J connectivity index is 1.91. The molecule has 1 N–H and O–H groups in total. The highest BCUT2D eigenvalue weighted by atomic mass is 16.5. The standard InChI is InChI=1S/C18H30N2O/c1-4-12-20-13-7-8-16(11-14-20)19-15(2)17-9-5-6-10-18(17)21-3/h5-6,9-10,15-16,19H,4,7-8,11-14H2,1-3H3/t15-,16?/m0/s1. The van der Waals surface area contributed by atoms with E-state index in [1.807, 2.05) is 12.1 Å². The summed E-state index contributed by atoms with van der Waals surface area (Å²) in [6.45, 7) is 8.24. The summed E-state index contributed by atoms with van der Waals surface area (Å²) in [5.41, 5.74) is 1.26. The molecule has 1 unspecified atom stereocenters. The predicted molar refractivity (Wildman–Crippen MR) is 88.9 cm³/mol. The average Bonchev–Trinajstić information content (AvgIpc) is 2.73. The number of nitrogens with zero attached hydrogens (tertiary/aromatic N) is 1. The van der Waals surface area contributed by atoms with E-state index in [0.717, 1.165) is 5.75 Å². The number of rotatable bonds is 6. The molecule has 2 rings (SSSR count). The first-order valence-electron chi connectivity index (χ1n) is 8.36. The lowest BCUT2D eigenvalue weighted by Gasteiger charge is -2.24. The Hall–Kier alpha value is -1.06. The molecule has 1 aromatic rings. The molecule has 1 heterocycles. The van der Waals surface area contributed by atoms with Crippen LogP contribution in [-0.2, 0) is 0 Å². The molecule has 0 amide bonds. The van der Waals surface area contributed by atoms with Crippen molar-refractivity contribution in [2.24, 2.45) is 0 Å². The lowest BCUT2D eigenvalue weighted by molar-refractivity contribution is 0.281. The molecule has 1 aliphatic rings. The van der Waals surface area contributed by atoms with E-state index in [0.29, 0.717) is 12.1 Å². The van der Waals surface area contributed by atoms with Gasteiger partial charge in [0.1, 0.15) is 5.75 Å². The van der Waals surface area contributed by atoms with Gasteiger partial charge in [0.05, 0.1) is 7.11 Å². The zero-order valence-corrected chi connectivity index (χ0v) is 13.8. The minimum atomic E-state index is 0.337. The molecule has 118 valence electrons. The van der Waals surface area contributed by atoms with Gasteiger partial charge in [-0.2, -0.15) is 0 Å². The van der Waals surface area contributed by atoms with Gasteiger partial charge in [-0.15, -0.1) is 0 Å². The van der Waals surface area contributed by atoms with Crippen LogP contribution in [0, 0.1) is 0 Å². The van der Waals surface area contributed by atoms with Crippen LogP contribution in [0.15, 0.2) is 24.3 Å². The minimum absolute atomic E-state index is 0.337. The number of hydrogen-bond donors (Lipinski definition) is 1. The molecule has 0 aromatic heterocycles. The molecule has 0 spiro atoms. The van der Waals surface area contributed by atoms with E-state index in [4.69, 9.17) is 4.74 Å². The van der Waals surface area contributed by atoms with Gasteiger partial charge in [0.2, 0.25) is 0 Å². The van der Waals surface area contributed by atoms with Crippen molar-refractivity contribution in [3.63, 3.8) is 0 Å². The van der Waals surface area contributed by atoms with Gasteiger partial charge < -0.3 is 15.0 Å². The SMILES string of the molecule is CCCN1CCCC(N[C@@H](C)c2ccccc2OC)CC1. The minimum Gasteiger partial charge on any atom is -0.496 e.